The average Bonchev–Trinajstić information content (AvgIpc) is 3.26. The number of fused-ring (bicyclic) bond motifs is 2. The predicted molar refractivity (Wildman–Crippen MR) is 123 cm³/mol. The van der Waals surface area contributed by atoms with Crippen molar-refractivity contribution in [1.82, 2.24) is 20.2 Å². The van der Waals surface area contributed by atoms with Crippen molar-refractivity contribution in [3.63, 3.8) is 0 Å². The number of H-pyrrole nitrogens is 1. The number of hydrogen-bond donors (Lipinski definition) is 5. The van der Waals surface area contributed by atoms with Gasteiger partial charge >= 0.3 is 7.12 Å². The van der Waals surface area contributed by atoms with Gasteiger partial charge in [0, 0.05) is 23.9 Å². The van der Waals surface area contributed by atoms with Crippen molar-refractivity contribution in [2.24, 2.45) is 5.73 Å². The molecular formula is C22H21BN6O4. The number of para-hydroxylation sites is 1. The van der Waals surface area contributed by atoms with Crippen LogP contribution in [0.2, 0.25) is 0 Å². The molecule has 11 heteroatoms. The third kappa shape index (κ3) is 4.04. The fourth-order valence-electron chi connectivity index (χ4n) is 3.95. The highest BCUT2D eigenvalue weighted by Gasteiger charge is 2.22. The SMILES string of the molecule is NC(=O)c1cccc2c(-c3nc4c(c(NCc5cccc(B(O)O)c5)n3)COCC4)[nH]nc12. The molecule has 0 atom stereocenters. The molecule has 2 aromatic carbocycles. The second-order valence-electron chi connectivity index (χ2n) is 7.76. The molecule has 4 aromatic rings. The molecule has 0 aliphatic carbocycles. The molecule has 1 aliphatic rings. The van der Waals surface area contributed by atoms with Crippen molar-refractivity contribution in [1.29, 1.82) is 0 Å². The number of amides is 1. The first-order valence-electron chi connectivity index (χ1n) is 10.4. The van der Waals surface area contributed by atoms with E-state index in [1.165, 1.54) is 0 Å². The molecule has 33 heavy (non-hydrogen) atoms. The Hall–Kier alpha value is -3.80. The van der Waals surface area contributed by atoms with Crippen LogP contribution in [0.1, 0.15) is 27.2 Å². The number of carbonyl (C=O) groups is 1. The molecule has 5 rings (SSSR count). The van der Waals surface area contributed by atoms with Crippen LogP contribution in [-0.4, -0.2) is 49.8 Å². The van der Waals surface area contributed by atoms with E-state index in [0.29, 0.717) is 65.4 Å². The number of benzene rings is 2. The zero-order chi connectivity index (χ0) is 22.9. The standard InChI is InChI=1S/C22H21BN6O4/c24-20(30)15-6-2-5-14-18(15)28-29-19(14)22-26-17-7-8-33-11-16(17)21(27-22)25-10-12-3-1-4-13(9-12)23(31)32/h1-6,9,31-32H,7-8,10-11H2,(H2,24,30)(H,28,29)(H,25,26,27). The highest BCUT2D eigenvalue weighted by molar-refractivity contribution is 6.58. The van der Waals surface area contributed by atoms with Gasteiger partial charge in [0.25, 0.3) is 5.91 Å². The maximum absolute atomic E-state index is 11.8. The molecule has 166 valence electrons. The molecule has 0 saturated carbocycles. The lowest BCUT2D eigenvalue weighted by Crippen LogP contribution is -2.30. The second kappa shape index (κ2) is 8.62. The Morgan fingerprint density at radius 3 is 2.88 bits per heavy atom. The zero-order valence-electron chi connectivity index (χ0n) is 17.6. The molecule has 0 radical (unpaired) electrons. The van der Waals surface area contributed by atoms with Crippen molar-refractivity contribution in [2.45, 2.75) is 19.6 Å². The van der Waals surface area contributed by atoms with Crippen molar-refractivity contribution in [2.75, 3.05) is 11.9 Å². The third-order valence-corrected chi connectivity index (χ3v) is 5.61. The van der Waals surface area contributed by atoms with Crippen LogP contribution in [0.25, 0.3) is 22.4 Å². The Morgan fingerprint density at radius 1 is 1.21 bits per heavy atom. The summed E-state index contributed by atoms with van der Waals surface area (Å²) in [5.41, 5.74) is 9.91. The summed E-state index contributed by atoms with van der Waals surface area (Å²) in [7, 11) is -1.53. The van der Waals surface area contributed by atoms with E-state index in [1.807, 2.05) is 12.1 Å². The van der Waals surface area contributed by atoms with Gasteiger partial charge in [0.15, 0.2) is 5.82 Å². The van der Waals surface area contributed by atoms with Gasteiger partial charge in [0.2, 0.25) is 0 Å². The van der Waals surface area contributed by atoms with Gasteiger partial charge in [-0.3, -0.25) is 9.89 Å². The summed E-state index contributed by atoms with van der Waals surface area (Å²) in [6, 6.07) is 12.2. The van der Waals surface area contributed by atoms with Crippen molar-refractivity contribution in [3.05, 3.63) is 64.8 Å². The number of rotatable bonds is 6. The first-order valence-corrected chi connectivity index (χ1v) is 10.4. The van der Waals surface area contributed by atoms with Gasteiger partial charge < -0.3 is 25.8 Å². The third-order valence-electron chi connectivity index (χ3n) is 5.61. The van der Waals surface area contributed by atoms with Gasteiger partial charge in [-0.1, -0.05) is 36.4 Å². The highest BCUT2D eigenvalue weighted by atomic mass is 16.5. The number of primary amides is 1. The number of aromatic nitrogens is 4. The molecule has 1 amide bonds. The number of nitrogens with two attached hydrogens (primary N) is 1. The maximum Gasteiger partial charge on any atom is 0.488 e. The first-order chi connectivity index (χ1) is 16.0. The minimum atomic E-state index is -1.53. The highest BCUT2D eigenvalue weighted by Crippen LogP contribution is 2.30. The summed E-state index contributed by atoms with van der Waals surface area (Å²) in [6.45, 7) is 1.37. The van der Waals surface area contributed by atoms with Gasteiger partial charge in [0.1, 0.15) is 17.0 Å². The number of nitrogens with one attached hydrogen (secondary N) is 2. The Morgan fingerprint density at radius 2 is 2.06 bits per heavy atom. The van der Waals surface area contributed by atoms with Crippen LogP contribution < -0.4 is 16.5 Å². The molecule has 1 aliphatic heterocycles. The van der Waals surface area contributed by atoms with E-state index in [9.17, 15) is 14.8 Å². The van der Waals surface area contributed by atoms with Crippen LogP contribution >= 0.6 is 0 Å². The average molecular weight is 444 g/mol. The second-order valence-corrected chi connectivity index (χ2v) is 7.76. The first kappa shape index (κ1) is 21.1. The van der Waals surface area contributed by atoms with E-state index >= 15 is 0 Å². The smallest absolute Gasteiger partial charge is 0.423 e. The fraction of sp³-hybridized carbons (Fsp3) is 0.182. The fourth-order valence-corrected chi connectivity index (χ4v) is 3.95. The van der Waals surface area contributed by atoms with Crippen LogP contribution in [0.3, 0.4) is 0 Å². The van der Waals surface area contributed by atoms with Crippen LogP contribution in [0.4, 0.5) is 5.82 Å². The molecule has 2 aromatic heterocycles. The summed E-state index contributed by atoms with van der Waals surface area (Å²) in [6.07, 6.45) is 0.643. The number of carbonyl (C=O) groups excluding carboxylic acids is 1. The molecule has 10 nitrogen and oxygen atoms in total. The summed E-state index contributed by atoms with van der Waals surface area (Å²) in [5.74, 6) is 0.514. The maximum atomic E-state index is 11.8. The largest absolute Gasteiger partial charge is 0.488 e. The van der Waals surface area contributed by atoms with E-state index in [-0.39, 0.29) is 0 Å². The zero-order valence-corrected chi connectivity index (χ0v) is 17.6. The van der Waals surface area contributed by atoms with Crippen molar-refractivity contribution < 1.29 is 19.6 Å². The van der Waals surface area contributed by atoms with Gasteiger partial charge in [0.05, 0.1) is 24.5 Å². The molecule has 0 unspecified atom stereocenters. The number of aromatic amines is 1. The molecule has 0 saturated heterocycles. The van der Waals surface area contributed by atoms with E-state index < -0.39 is 13.0 Å². The Balaban J connectivity index is 1.54. The Labute approximate surface area is 189 Å². The minimum Gasteiger partial charge on any atom is -0.423 e. The number of ether oxygens (including phenoxy) is 1. The molecule has 0 bridgehead atoms. The predicted octanol–water partition coefficient (Wildman–Crippen LogP) is 0.483. The quantitative estimate of drug-likeness (QED) is 0.269. The molecular weight excluding hydrogens is 423 g/mol. The molecule has 0 spiro atoms. The lowest BCUT2D eigenvalue weighted by Gasteiger charge is -2.20. The van der Waals surface area contributed by atoms with Crippen LogP contribution in [-0.2, 0) is 24.3 Å². The number of nitrogens with zero attached hydrogens (tertiary/aromatic N) is 3. The van der Waals surface area contributed by atoms with E-state index in [1.54, 1.807) is 30.3 Å². The Kier molecular flexibility index (Phi) is 5.51. The number of hydrogen-bond acceptors (Lipinski definition) is 8. The molecule has 6 N–H and O–H groups in total. The summed E-state index contributed by atoms with van der Waals surface area (Å²) < 4.78 is 5.62. The topological polar surface area (TPSA) is 159 Å². The summed E-state index contributed by atoms with van der Waals surface area (Å²) in [5, 5.41) is 30.1. The van der Waals surface area contributed by atoms with Crippen LogP contribution in [0, 0.1) is 0 Å². The summed E-state index contributed by atoms with van der Waals surface area (Å²) in [4.78, 5) is 21.3. The Bertz CT molecular complexity index is 1360. The van der Waals surface area contributed by atoms with Crippen LogP contribution in [0.5, 0.6) is 0 Å². The van der Waals surface area contributed by atoms with Gasteiger partial charge in [-0.25, -0.2) is 9.97 Å². The number of anilines is 1. The summed E-state index contributed by atoms with van der Waals surface area (Å²) >= 11 is 0. The van der Waals surface area contributed by atoms with Crippen LogP contribution in [0.15, 0.2) is 42.5 Å². The normalized spacial score (nSPS) is 13.0. The van der Waals surface area contributed by atoms with Gasteiger partial charge in [-0.05, 0) is 17.1 Å². The minimum absolute atomic E-state index is 0.325. The van der Waals surface area contributed by atoms with Crippen molar-refractivity contribution in [3.8, 4) is 11.5 Å². The molecule has 0 fully saturated rings. The van der Waals surface area contributed by atoms with Crippen molar-refractivity contribution >= 4 is 35.2 Å². The lowest BCUT2D eigenvalue weighted by molar-refractivity contribution is 0.100. The van der Waals surface area contributed by atoms with Gasteiger partial charge in [-0.15, -0.1) is 0 Å². The van der Waals surface area contributed by atoms with E-state index in [4.69, 9.17) is 20.4 Å². The molecule has 3 heterocycles. The van der Waals surface area contributed by atoms with E-state index in [2.05, 4.69) is 15.5 Å². The lowest BCUT2D eigenvalue weighted by atomic mass is 9.79. The van der Waals surface area contributed by atoms with E-state index in [0.717, 1.165) is 16.8 Å². The van der Waals surface area contributed by atoms with Gasteiger partial charge in [-0.2, -0.15) is 5.10 Å². The monoisotopic (exact) mass is 444 g/mol.